The number of nitrogens with one attached hydrogen (secondary N) is 1. The largest absolute Gasteiger partial charge is 0.322 e. The molecule has 2 aromatic carbocycles. The fourth-order valence-corrected chi connectivity index (χ4v) is 4.20. The van der Waals surface area contributed by atoms with Gasteiger partial charge in [-0.3, -0.25) is 19.3 Å². The van der Waals surface area contributed by atoms with E-state index in [1.54, 1.807) is 24.3 Å². The molecular weight excluding hydrogens is 364 g/mol. The lowest BCUT2D eigenvalue weighted by Crippen LogP contribution is -2.30. The van der Waals surface area contributed by atoms with Crippen molar-refractivity contribution in [3.8, 4) is 0 Å². The zero-order valence-electron chi connectivity index (χ0n) is 16.9. The normalized spacial score (nSPS) is 21.1. The first-order valence-corrected chi connectivity index (χ1v) is 9.87. The first-order valence-electron chi connectivity index (χ1n) is 9.87. The minimum Gasteiger partial charge on any atom is -0.322 e. The van der Waals surface area contributed by atoms with Crippen LogP contribution in [-0.2, 0) is 9.59 Å². The van der Waals surface area contributed by atoms with Gasteiger partial charge < -0.3 is 5.32 Å². The molecule has 1 aliphatic carbocycles. The molecule has 1 heterocycles. The van der Waals surface area contributed by atoms with Crippen molar-refractivity contribution in [1.82, 2.24) is 0 Å². The standard InChI is InChI=1S/C24H24N2O3/c1-14-5-11-21(16(3)12-14)25-22(27)17-6-8-18(9-7-17)26-23(28)19-10-4-15(2)13-20(19)24(26)29/h4-9,11-12,19-20H,10,13H2,1-3H3,(H,25,27)/t19-,20-/m1/s1. The predicted molar refractivity (Wildman–Crippen MR) is 113 cm³/mol. The molecule has 1 N–H and O–H groups in total. The molecule has 3 amide bonds. The number of carbonyl (C=O) groups is 3. The Morgan fingerprint density at radius 1 is 0.966 bits per heavy atom. The van der Waals surface area contributed by atoms with Crippen molar-refractivity contribution in [2.75, 3.05) is 10.2 Å². The molecule has 0 aromatic heterocycles. The van der Waals surface area contributed by atoms with E-state index in [9.17, 15) is 14.4 Å². The maximum absolute atomic E-state index is 12.8. The number of anilines is 2. The minimum atomic E-state index is -0.265. The van der Waals surface area contributed by atoms with Gasteiger partial charge in [-0.1, -0.05) is 29.3 Å². The second kappa shape index (κ2) is 7.32. The molecule has 4 rings (SSSR count). The van der Waals surface area contributed by atoms with Crippen LogP contribution in [0.25, 0.3) is 0 Å². The molecule has 1 saturated heterocycles. The van der Waals surface area contributed by atoms with Crippen molar-refractivity contribution in [2.45, 2.75) is 33.6 Å². The summed E-state index contributed by atoms with van der Waals surface area (Å²) in [5.74, 6) is -1.04. The second-order valence-corrected chi connectivity index (χ2v) is 8.03. The van der Waals surface area contributed by atoms with Crippen LogP contribution in [0.4, 0.5) is 11.4 Å². The summed E-state index contributed by atoms with van der Waals surface area (Å²) in [6, 6.07) is 12.5. The maximum Gasteiger partial charge on any atom is 0.255 e. The van der Waals surface area contributed by atoms with Crippen molar-refractivity contribution in [3.63, 3.8) is 0 Å². The van der Waals surface area contributed by atoms with Gasteiger partial charge in [-0.25, -0.2) is 0 Å². The van der Waals surface area contributed by atoms with Gasteiger partial charge in [0.05, 0.1) is 17.5 Å². The summed E-state index contributed by atoms with van der Waals surface area (Å²) in [7, 11) is 0. The highest BCUT2D eigenvalue weighted by atomic mass is 16.2. The topological polar surface area (TPSA) is 66.5 Å². The number of allylic oxidation sites excluding steroid dienone is 2. The number of benzene rings is 2. The summed E-state index contributed by atoms with van der Waals surface area (Å²) in [4.78, 5) is 39.5. The molecule has 0 saturated carbocycles. The lowest BCUT2D eigenvalue weighted by atomic mass is 9.82. The highest BCUT2D eigenvalue weighted by molar-refractivity contribution is 6.22. The van der Waals surface area contributed by atoms with Crippen molar-refractivity contribution in [3.05, 3.63) is 70.8 Å². The highest BCUT2D eigenvalue weighted by Crippen LogP contribution is 2.39. The van der Waals surface area contributed by atoms with E-state index in [0.717, 1.165) is 22.4 Å². The molecule has 0 unspecified atom stereocenters. The van der Waals surface area contributed by atoms with E-state index in [4.69, 9.17) is 0 Å². The molecule has 2 atom stereocenters. The Morgan fingerprint density at radius 2 is 1.66 bits per heavy atom. The molecule has 0 bridgehead atoms. The highest BCUT2D eigenvalue weighted by Gasteiger charge is 2.48. The summed E-state index contributed by atoms with van der Waals surface area (Å²) < 4.78 is 0. The smallest absolute Gasteiger partial charge is 0.255 e. The number of nitrogens with zero attached hydrogens (tertiary/aromatic N) is 1. The Hall–Kier alpha value is -3.21. The van der Waals surface area contributed by atoms with Gasteiger partial charge in [-0.2, -0.15) is 0 Å². The van der Waals surface area contributed by atoms with Gasteiger partial charge in [0.25, 0.3) is 5.91 Å². The van der Waals surface area contributed by atoms with E-state index in [-0.39, 0.29) is 29.6 Å². The van der Waals surface area contributed by atoms with Gasteiger partial charge in [0, 0.05) is 11.3 Å². The Labute approximate surface area is 170 Å². The number of rotatable bonds is 3. The monoisotopic (exact) mass is 388 g/mol. The molecule has 5 heteroatoms. The average Bonchev–Trinajstić information content (AvgIpc) is 2.94. The third kappa shape index (κ3) is 3.48. The third-order valence-electron chi connectivity index (χ3n) is 5.84. The predicted octanol–water partition coefficient (Wildman–Crippen LogP) is 4.40. The van der Waals surface area contributed by atoms with Crippen molar-refractivity contribution in [1.29, 1.82) is 0 Å². The molecule has 5 nitrogen and oxygen atoms in total. The quantitative estimate of drug-likeness (QED) is 0.626. The fourth-order valence-electron chi connectivity index (χ4n) is 4.20. The maximum atomic E-state index is 12.8. The van der Waals surface area contributed by atoms with Crippen LogP contribution < -0.4 is 10.2 Å². The number of imide groups is 1. The Kier molecular flexibility index (Phi) is 4.82. The molecule has 1 aliphatic heterocycles. The van der Waals surface area contributed by atoms with Crippen LogP contribution in [0, 0.1) is 25.7 Å². The Balaban J connectivity index is 1.51. The molecule has 0 radical (unpaired) electrons. The van der Waals surface area contributed by atoms with Crippen LogP contribution in [0.3, 0.4) is 0 Å². The van der Waals surface area contributed by atoms with Gasteiger partial charge in [0.15, 0.2) is 0 Å². The molecule has 2 aromatic rings. The van der Waals surface area contributed by atoms with E-state index >= 15 is 0 Å². The number of carbonyl (C=O) groups excluding carboxylic acids is 3. The number of hydrogen-bond donors (Lipinski definition) is 1. The van der Waals surface area contributed by atoms with E-state index < -0.39 is 0 Å². The van der Waals surface area contributed by atoms with Crippen LogP contribution in [0.15, 0.2) is 54.1 Å². The SMILES string of the molecule is CC1=CC[C@H]2C(=O)N(c3ccc(C(=O)Nc4ccc(C)cc4C)cc3)C(=O)[C@@H]2C1. The molecule has 2 aliphatic rings. The Morgan fingerprint density at radius 3 is 2.34 bits per heavy atom. The van der Waals surface area contributed by atoms with Crippen LogP contribution in [-0.4, -0.2) is 17.7 Å². The molecule has 0 spiro atoms. The van der Waals surface area contributed by atoms with E-state index in [1.807, 2.05) is 39.0 Å². The number of aryl methyl sites for hydroxylation is 2. The van der Waals surface area contributed by atoms with Gasteiger partial charge in [0.2, 0.25) is 11.8 Å². The lowest BCUT2D eigenvalue weighted by Gasteiger charge is -2.18. The van der Waals surface area contributed by atoms with Crippen molar-refractivity contribution < 1.29 is 14.4 Å². The summed E-state index contributed by atoms with van der Waals surface area (Å²) in [5, 5.41) is 2.91. The van der Waals surface area contributed by atoms with E-state index in [2.05, 4.69) is 11.4 Å². The summed E-state index contributed by atoms with van der Waals surface area (Å²) in [6.45, 7) is 5.96. The Bertz CT molecular complexity index is 1040. The first-order chi connectivity index (χ1) is 13.8. The van der Waals surface area contributed by atoms with Gasteiger partial charge in [-0.15, -0.1) is 0 Å². The van der Waals surface area contributed by atoms with Gasteiger partial charge in [-0.05, 0) is 69.5 Å². The molecule has 148 valence electrons. The van der Waals surface area contributed by atoms with Crippen LogP contribution in [0.1, 0.15) is 41.3 Å². The zero-order valence-corrected chi connectivity index (χ0v) is 16.9. The second-order valence-electron chi connectivity index (χ2n) is 8.03. The van der Waals surface area contributed by atoms with Crippen molar-refractivity contribution >= 4 is 29.1 Å². The van der Waals surface area contributed by atoms with Gasteiger partial charge in [0.1, 0.15) is 0 Å². The number of amides is 3. The summed E-state index contributed by atoms with van der Waals surface area (Å²) in [6.07, 6.45) is 3.31. The summed E-state index contributed by atoms with van der Waals surface area (Å²) in [5.41, 5.74) is 5.05. The third-order valence-corrected chi connectivity index (χ3v) is 5.84. The van der Waals surface area contributed by atoms with Crippen molar-refractivity contribution in [2.24, 2.45) is 11.8 Å². The van der Waals surface area contributed by atoms with E-state index in [1.165, 1.54) is 4.90 Å². The summed E-state index contributed by atoms with van der Waals surface area (Å²) >= 11 is 0. The van der Waals surface area contributed by atoms with Crippen LogP contribution >= 0.6 is 0 Å². The lowest BCUT2D eigenvalue weighted by molar-refractivity contribution is -0.122. The molecular formula is C24H24N2O3. The molecule has 1 fully saturated rings. The minimum absolute atomic E-state index is 0.139. The zero-order chi connectivity index (χ0) is 20.7. The number of hydrogen-bond acceptors (Lipinski definition) is 3. The van der Waals surface area contributed by atoms with Crippen LogP contribution in [0.2, 0.25) is 0 Å². The van der Waals surface area contributed by atoms with Crippen LogP contribution in [0.5, 0.6) is 0 Å². The fraction of sp³-hybridized carbons (Fsp3) is 0.292. The number of fused-ring (bicyclic) bond motifs is 1. The van der Waals surface area contributed by atoms with E-state index in [0.29, 0.717) is 24.1 Å². The average molecular weight is 388 g/mol. The molecule has 29 heavy (non-hydrogen) atoms. The first kappa shape index (κ1) is 19.1. The van der Waals surface area contributed by atoms with Gasteiger partial charge >= 0.3 is 0 Å².